The lowest BCUT2D eigenvalue weighted by molar-refractivity contribution is -0.153. The molecule has 0 aromatic carbocycles. The van der Waals surface area contributed by atoms with Gasteiger partial charge >= 0.3 is 11.9 Å². The molecule has 1 unspecified atom stereocenters. The molecule has 4 aliphatic rings. The Morgan fingerprint density at radius 1 is 1.00 bits per heavy atom. The number of imide groups is 1. The maximum Gasteiger partial charge on any atom is 0.364 e. The highest BCUT2D eigenvalue weighted by atomic mass is 16.6. The Morgan fingerprint density at radius 3 is 2.29 bits per heavy atom. The van der Waals surface area contributed by atoms with E-state index >= 15 is 0 Å². The first-order valence-corrected chi connectivity index (χ1v) is 6.84. The molecule has 0 aromatic rings. The molecule has 2 aliphatic carbocycles. The minimum Gasteiger partial charge on any atom is -0.384 e. The number of allylic oxidation sites excluding steroid dienone is 1. The summed E-state index contributed by atoms with van der Waals surface area (Å²) < 4.78 is 4.66. The zero-order valence-electron chi connectivity index (χ0n) is 11.0. The van der Waals surface area contributed by atoms with Gasteiger partial charge in [0, 0.05) is 12.2 Å². The van der Waals surface area contributed by atoms with Crippen molar-refractivity contribution in [1.82, 2.24) is 4.90 Å². The normalized spacial score (nSPS) is 27.8. The number of fused-ring (bicyclic) bond motifs is 2. The zero-order valence-corrected chi connectivity index (χ0v) is 11.0. The quantitative estimate of drug-likeness (QED) is 0.425. The fraction of sp³-hybridized carbons (Fsp3) is 0.333. The summed E-state index contributed by atoms with van der Waals surface area (Å²) in [7, 11) is 0. The summed E-state index contributed by atoms with van der Waals surface area (Å²) in [4.78, 5) is 48.3. The summed E-state index contributed by atoms with van der Waals surface area (Å²) in [6.45, 7) is 0. The van der Waals surface area contributed by atoms with Crippen LogP contribution in [0.1, 0.15) is 25.7 Å². The van der Waals surface area contributed by atoms with Crippen LogP contribution in [0.4, 0.5) is 0 Å². The summed E-state index contributed by atoms with van der Waals surface area (Å²) in [5, 5.41) is 0. The standard InChI is InChI=1S/C15H11NO5/c17-10-3-4-11(18)16(10)13-12(14(19)21-15(13)20)9-6-7-1-2-8(9)5-7/h3-4,7H,1-2,5-6H2. The zero-order chi connectivity index (χ0) is 14.7. The highest BCUT2D eigenvalue weighted by Crippen LogP contribution is 2.48. The molecule has 2 heterocycles. The van der Waals surface area contributed by atoms with E-state index in [1.807, 2.05) is 0 Å². The molecular formula is C15H11NO5. The third-order valence-electron chi connectivity index (χ3n) is 4.46. The number of amides is 2. The smallest absolute Gasteiger partial charge is 0.364 e. The van der Waals surface area contributed by atoms with E-state index in [0.717, 1.165) is 47.5 Å². The third-order valence-corrected chi connectivity index (χ3v) is 4.46. The van der Waals surface area contributed by atoms with Crippen molar-refractivity contribution in [3.05, 3.63) is 34.6 Å². The lowest BCUT2D eigenvalue weighted by Gasteiger charge is -2.16. The first kappa shape index (κ1) is 12.3. The average molecular weight is 285 g/mol. The molecule has 4 rings (SSSR count). The molecule has 106 valence electrons. The van der Waals surface area contributed by atoms with Crippen molar-refractivity contribution in [1.29, 1.82) is 0 Å². The predicted octanol–water partition coefficient (Wildman–Crippen LogP) is 0.749. The molecule has 2 bridgehead atoms. The number of cyclic esters (lactones) is 2. The van der Waals surface area contributed by atoms with Crippen LogP contribution < -0.4 is 0 Å². The summed E-state index contributed by atoms with van der Waals surface area (Å²) >= 11 is 0. The molecule has 1 fully saturated rings. The Morgan fingerprint density at radius 2 is 1.71 bits per heavy atom. The molecule has 0 radical (unpaired) electrons. The van der Waals surface area contributed by atoms with Gasteiger partial charge in [0.15, 0.2) is 5.70 Å². The molecule has 6 nitrogen and oxygen atoms in total. The van der Waals surface area contributed by atoms with Crippen LogP contribution in [-0.2, 0) is 23.9 Å². The summed E-state index contributed by atoms with van der Waals surface area (Å²) in [5.74, 6) is -2.41. The van der Waals surface area contributed by atoms with Crippen molar-refractivity contribution in [3.63, 3.8) is 0 Å². The van der Waals surface area contributed by atoms with Gasteiger partial charge in [-0.05, 0) is 37.2 Å². The van der Waals surface area contributed by atoms with Crippen molar-refractivity contribution in [2.75, 3.05) is 0 Å². The van der Waals surface area contributed by atoms with Crippen LogP contribution in [-0.4, -0.2) is 28.7 Å². The second kappa shape index (κ2) is 4.00. The van der Waals surface area contributed by atoms with Crippen molar-refractivity contribution >= 4 is 23.8 Å². The Balaban J connectivity index is 1.88. The topological polar surface area (TPSA) is 80.8 Å². The van der Waals surface area contributed by atoms with E-state index in [0.29, 0.717) is 12.3 Å². The van der Waals surface area contributed by atoms with Crippen molar-refractivity contribution in [2.24, 2.45) is 5.92 Å². The average Bonchev–Trinajstić information content (AvgIpc) is 3.16. The largest absolute Gasteiger partial charge is 0.384 e. The molecule has 2 aliphatic heterocycles. The lowest BCUT2D eigenvalue weighted by Crippen LogP contribution is -2.32. The van der Waals surface area contributed by atoms with Crippen LogP contribution in [0.5, 0.6) is 0 Å². The second-order valence-electron chi connectivity index (χ2n) is 5.64. The van der Waals surface area contributed by atoms with E-state index in [1.54, 1.807) is 0 Å². The number of carbonyl (C=O) groups excluding carboxylic acids is 4. The Hall–Kier alpha value is -2.50. The minimum atomic E-state index is -0.920. The van der Waals surface area contributed by atoms with Gasteiger partial charge < -0.3 is 4.74 Å². The maximum absolute atomic E-state index is 12.0. The predicted molar refractivity (Wildman–Crippen MR) is 68.1 cm³/mol. The fourth-order valence-corrected chi connectivity index (χ4v) is 3.56. The number of esters is 2. The fourth-order valence-electron chi connectivity index (χ4n) is 3.56. The lowest BCUT2D eigenvalue weighted by atomic mass is 9.92. The molecule has 0 spiro atoms. The van der Waals surface area contributed by atoms with Crippen LogP contribution in [0.15, 0.2) is 34.6 Å². The van der Waals surface area contributed by atoms with Crippen LogP contribution in [0.25, 0.3) is 0 Å². The molecule has 1 saturated carbocycles. The second-order valence-corrected chi connectivity index (χ2v) is 5.64. The number of ether oxygens (including phenoxy) is 1. The number of rotatable bonds is 2. The molecule has 1 atom stereocenters. The van der Waals surface area contributed by atoms with E-state index < -0.39 is 23.8 Å². The van der Waals surface area contributed by atoms with Gasteiger partial charge in [0.25, 0.3) is 11.8 Å². The van der Waals surface area contributed by atoms with Gasteiger partial charge in [0.1, 0.15) is 0 Å². The Kier molecular flexibility index (Phi) is 2.34. The van der Waals surface area contributed by atoms with Crippen molar-refractivity contribution in [2.45, 2.75) is 25.7 Å². The van der Waals surface area contributed by atoms with Crippen molar-refractivity contribution < 1.29 is 23.9 Å². The van der Waals surface area contributed by atoms with Gasteiger partial charge in [0.05, 0.1) is 5.57 Å². The van der Waals surface area contributed by atoms with E-state index in [-0.39, 0.29) is 11.3 Å². The maximum atomic E-state index is 12.0. The van der Waals surface area contributed by atoms with E-state index in [2.05, 4.69) is 4.74 Å². The van der Waals surface area contributed by atoms with Gasteiger partial charge in [-0.25, -0.2) is 14.5 Å². The van der Waals surface area contributed by atoms with Gasteiger partial charge in [-0.2, -0.15) is 0 Å². The first-order chi connectivity index (χ1) is 10.1. The molecular weight excluding hydrogens is 274 g/mol. The van der Waals surface area contributed by atoms with Crippen LogP contribution in [0.2, 0.25) is 0 Å². The molecule has 0 aromatic heterocycles. The minimum absolute atomic E-state index is 0.114. The van der Waals surface area contributed by atoms with Gasteiger partial charge in [-0.15, -0.1) is 0 Å². The Labute approximate surface area is 119 Å². The van der Waals surface area contributed by atoms with Gasteiger partial charge in [0.2, 0.25) is 0 Å². The monoisotopic (exact) mass is 285 g/mol. The molecule has 6 heteroatoms. The molecule has 2 amide bonds. The van der Waals surface area contributed by atoms with Crippen molar-refractivity contribution in [3.8, 4) is 0 Å². The molecule has 0 saturated heterocycles. The van der Waals surface area contributed by atoms with E-state index in [4.69, 9.17) is 0 Å². The number of hydrogen-bond donors (Lipinski definition) is 0. The van der Waals surface area contributed by atoms with E-state index in [9.17, 15) is 19.2 Å². The van der Waals surface area contributed by atoms with Gasteiger partial charge in [-0.3, -0.25) is 9.59 Å². The Bertz CT molecular complexity index is 706. The SMILES string of the molecule is O=C1OC(=O)C(N2C(=O)C=CC2=O)=C1C1=C2CCC(C2)C1. The highest BCUT2D eigenvalue weighted by Gasteiger charge is 2.46. The molecule has 21 heavy (non-hydrogen) atoms. The van der Waals surface area contributed by atoms with Gasteiger partial charge in [-0.1, -0.05) is 5.57 Å². The third kappa shape index (κ3) is 1.59. The van der Waals surface area contributed by atoms with E-state index in [1.165, 1.54) is 0 Å². The van der Waals surface area contributed by atoms with Crippen LogP contribution in [0, 0.1) is 5.92 Å². The molecule has 0 N–H and O–H groups in total. The number of hydrogen-bond acceptors (Lipinski definition) is 5. The van der Waals surface area contributed by atoms with Crippen LogP contribution in [0.3, 0.4) is 0 Å². The highest BCUT2D eigenvalue weighted by molar-refractivity contribution is 6.23. The number of nitrogens with zero attached hydrogens (tertiary/aromatic N) is 1. The first-order valence-electron chi connectivity index (χ1n) is 6.84. The number of carbonyl (C=O) groups is 4. The summed E-state index contributed by atoms with van der Waals surface area (Å²) in [6, 6.07) is 0. The summed E-state index contributed by atoms with van der Waals surface area (Å²) in [5.41, 5.74) is 1.84. The summed E-state index contributed by atoms with van der Waals surface area (Å²) in [6.07, 6.45) is 5.79. The van der Waals surface area contributed by atoms with Crippen LogP contribution >= 0.6 is 0 Å².